The predicted molar refractivity (Wildman–Crippen MR) is 79.3 cm³/mol. The molecule has 2 aliphatic rings. The maximum absolute atomic E-state index is 5.48. The normalized spacial score (nSPS) is 19.9. The fourth-order valence-electron chi connectivity index (χ4n) is 1.83. The summed E-state index contributed by atoms with van der Waals surface area (Å²) in [6, 6.07) is 0. The second-order valence-corrected chi connectivity index (χ2v) is 6.27. The molecule has 0 aliphatic carbocycles. The first-order valence-corrected chi connectivity index (χ1v) is 7.95. The Labute approximate surface area is 124 Å². The first-order chi connectivity index (χ1) is 9.24. The van der Waals surface area contributed by atoms with E-state index in [0.29, 0.717) is 0 Å². The number of aromatic nitrogens is 2. The van der Waals surface area contributed by atoms with E-state index in [-0.39, 0.29) is 6.10 Å². The Kier molecular flexibility index (Phi) is 3.90. The zero-order valence-electron chi connectivity index (χ0n) is 10.5. The molecule has 3 rings (SSSR count). The lowest BCUT2D eigenvalue weighted by Crippen LogP contribution is -2.50. The second kappa shape index (κ2) is 5.64. The highest BCUT2D eigenvalue weighted by atomic mass is 79.9. The van der Waals surface area contributed by atoms with Crippen molar-refractivity contribution in [1.82, 2.24) is 14.3 Å². The molecule has 3 heterocycles. The largest absolute Gasteiger partial charge is 0.390 e. The van der Waals surface area contributed by atoms with Crippen LogP contribution in [0.3, 0.4) is 0 Å². The fourth-order valence-corrected chi connectivity index (χ4v) is 2.66. The average Bonchev–Trinajstić information content (AvgIpc) is 2.31. The summed E-state index contributed by atoms with van der Waals surface area (Å²) in [7, 11) is 0. The van der Waals surface area contributed by atoms with Crippen LogP contribution in [0, 0.1) is 0 Å². The fraction of sp³-hybridized carbons (Fsp3) is 0.545. The van der Waals surface area contributed by atoms with E-state index in [0.717, 1.165) is 42.3 Å². The molecule has 0 unspecified atom stereocenters. The molecule has 0 spiro atoms. The number of hydrogen-bond acceptors (Lipinski definition) is 7. The monoisotopic (exact) mass is 343 g/mol. The van der Waals surface area contributed by atoms with Crippen molar-refractivity contribution < 1.29 is 4.84 Å². The summed E-state index contributed by atoms with van der Waals surface area (Å²) < 4.78 is 3.13. The van der Waals surface area contributed by atoms with Crippen LogP contribution in [0.15, 0.2) is 22.0 Å². The van der Waals surface area contributed by atoms with Gasteiger partial charge in [0.1, 0.15) is 0 Å². The number of hydrogen-bond donors (Lipinski definition) is 0. The third-order valence-electron chi connectivity index (χ3n) is 3.04. The minimum absolute atomic E-state index is 0.248. The summed E-state index contributed by atoms with van der Waals surface area (Å²) >= 11 is 5.06. The minimum Gasteiger partial charge on any atom is -0.390 e. The van der Waals surface area contributed by atoms with E-state index in [1.54, 1.807) is 24.3 Å². The first kappa shape index (κ1) is 13.1. The van der Waals surface area contributed by atoms with Crippen molar-refractivity contribution in [3.63, 3.8) is 0 Å². The molecule has 8 heteroatoms. The summed E-state index contributed by atoms with van der Waals surface area (Å²) in [5.41, 5.74) is 1.05. The van der Waals surface area contributed by atoms with Crippen molar-refractivity contribution in [1.29, 1.82) is 0 Å². The lowest BCUT2D eigenvalue weighted by Gasteiger charge is -2.36. The van der Waals surface area contributed by atoms with Crippen LogP contribution in [-0.4, -0.2) is 58.5 Å². The first-order valence-electron chi connectivity index (χ1n) is 5.97. The van der Waals surface area contributed by atoms with Crippen LogP contribution in [0.4, 0.5) is 5.95 Å². The molecular formula is C11H14BrN5OS. The smallest absolute Gasteiger partial charge is 0.226 e. The van der Waals surface area contributed by atoms with Crippen molar-refractivity contribution in [2.75, 3.05) is 37.3 Å². The molecule has 1 aromatic rings. The third kappa shape index (κ3) is 3.01. The number of halogens is 1. The van der Waals surface area contributed by atoms with Crippen LogP contribution in [0.25, 0.3) is 0 Å². The maximum atomic E-state index is 5.48. The Balaban J connectivity index is 1.44. The Morgan fingerprint density at radius 1 is 1.37 bits per heavy atom. The van der Waals surface area contributed by atoms with Gasteiger partial charge in [0.05, 0.1) is 36.4 Å². The number of anilines is 1. The van der Waals surface area contributed by atoms with Gasteiger partial charge in [-0.15, -0.1) is 0 Å². The molecule has 0 atom stereocenters. The van der Waals surface area contributed by atoms with E-state index < -0.39 is 0 Å². The molecule has 0 N–H and O–H groups in total. The molecule has 2 saturated heterocycles. The minimum atomic E-state index is 0.248. The highest BCUT2D eigenvalue weighted by Gasteiger charge is 2.30. The molecule has 2 aliphatic heterocycles. The van der Waals surface area contributed by atoms with Crippen LogP contribution in [0.2, 0.25) is 0 Å². The molecule has 19 heavy (non-hydrogen) atoms. The van der Waals surface area contributed by atoms with Crippen LogP contribution in [-0.2, 0) is 4.84 Å². The van der Waals surface area contributed by atoms with E-state index in [9.17, 15) is 0 Å². The summed E-state index contributed by atoms with van der Waals surface area (Å²) in [4.78, 5) is 16.0. The average molecular weight is 344 g/mol. The van der Waals surface area contributed by atoms with Gasteiger partial charge in [-0.3, -0.25) is 0 Å². The molecule has 0 bridgehead atoms. The van der Waals surface area contributed by atoms with Gasteiger partial charge < -0.3 is 9.74 Å². The maximum Gasteiger partial charge on any atom is 0.226 e. The number of nitrogens with zero attached hydrogens (tertiary/aromatic N) is 5. The van der Waals surface area contributed by atoms with Gasteiger partial charge in [0.15, 0.2) is 6.10 Å². The van der Waals surface area contributed by atoms with Gasteiger partial charge in [0.25, 0.3) is 0 Å². The molecule has 0 amide bonds. The van der Waals surface area contributed by atoms with E-state index in [1.165, 1.54) is 0 Å². The Morgan fingerprint density at radius 2 is 2.05 bits per heavy atom. The van der Waals surface area contributed by atoms with Crippen molar-refractivity contribution in [2.45, 2.75) is 6.10 Å². The molecule has 0 aromatic carbocycles. The lowest BCUT2D eigenvalue weighted by atomic mass is 10.2. The molecule has 0 radical (unpaired) electrons. The Morgan fingerprint density at radius 3 is 2.68 bits per heavy atom. The van der Waals surface area contributed by atoms with E-state index >= 15 is 0 Å². The number of rotatable bonds is 4. The lowest BCUT2D eigenvalue weighted by molar-refractivity contribution is -0.0136. The Bertz CT molecular complexity index is 468. The standard InChI is InChI=1S/C11H14BrN5OS/c1-19-17-6-10(7-17)18-15-9-4-16(5-9)11-13-2-8(12)3-14-11/h2-3,10H,4-7H2,1H3. The van der Waals surface area contributed by atoms with Gasteiger partial charge in [0, 0.05) is 12.4 Å². The quantitative estimate of drug-likeness (QED) is 0.608. The summed E-state index contributed by atoms with van der Waals surface area (Å²) in [5.74, 6) is 0.736. The highest BCUT2D eigenvalue weighted by molar-refractivity contribution is 9.10. The molecule has 102 valence electrons. The zero-order valence-corrected chi connectivity index (χ0v) is 12.9. The van der Waals surface area contributed by atoms with E-state index in [1.807, 2.05) is 0 Å². The van der Waals surface area contributed by atoms with Crippen molar-refractivity contribution >= 4 is 39.5 Å². The van der Waals surface area contributed by atoms with Gasteiger partial charge in [-0.2, -0.15) is 0 Å². The van der Waals surface area contributed by atoms with Crippen molar-refractivity contribution in [3.05, 3.63) is 16.9 Å². The molecule has 2 fully saturated rings. The number of oxime groups is 1. The third-order valence-corrected chi connectivity index (χ3v) is 4.26. The second-order valence-electron chi connectivity index (χ2n) is 4.47. The topological polar surface area (TPSA) is 53.9 Å². The van der Waals surface area contributed by atoms with E-state index in [4.69, 9.17) is 4.84 Å². The van der Waals surface area contributed by atoms with E-state index in [2.05, 4.69) is 46.5 Å². The summed E-state index contributed by atoms with van der Waals surface area (Å²) in [5, 5.41) is 4.19. The van der Waals surface area contributed by atoms with Gasteiger partial charge in [-0.1, -0.05) is 17.1 Å². The van der Waals surface area contributed by atoms with Gasteiger partial charge >= 0.3 is 0 Å². The highest BCUT2D eigenvalue weighted by Crippen LogP contribution is 2.20. The predicted octanol–water partition coefficient (Wildman–Crippen LogP) is 1.39. The van der Waals surface area contributed by atoms with Crippen LogP contribution in [0.1, 0.15) is 0 Å². The van der Waals surface area contributed by atoms with Gasteiger partial charge in [-0.25, -0.2) is 14.3 Å². The molecular weight excluding hydrogens is 330 g/mol. The van der Waals surface area contributed by atoms with Gasteiger partial charge in [-0.05, 0) is 22.2 Å². The van der Waals surface area contributed by atoms with Crippen molar-refractivity contribution in [2.24, 2.45) is 5.16 Å². The van der Waals surface area contributed by atoms with Crippen LogP contribution < -0.4 is 4.90 Å². The molecule has 1 aromatic heterocycles. The van der Waals surface area contributed by atoms with Crippen LogP contribution in [0.5, 0.6) is 0 Å². The van der Waals surface area contributed by atoms with Crippen LogP contribution >= 0.6 is 27.9 Å². The SMILES string of the molecule is CSN1CC(ON=C2CN(c3ncc(Br)cn3)C2)C1. The summed E-state index contributed by atoms with van der Waals surface area (Å²) in [6.07, 6.45) is 5.82. The zero-order chi connectivity index (χ0) is 13.2. The molecule has 0 saturated carbocycles. The van der Waals surface area contributed by atoms with Gasteiger partial charge in [0.2, 0.25) is 5.95 Å². The molecule has 6 nitrogen and oxygen atoms in total. The van der Waals surface area contributed by atoms with Crippen molar-refractivity contribution in [3.8, 4) is 0 Å². The summed E-state index contributed by atoms with van der Waals surface area (Å²) in [6.45, 7) is 3.41. The Hall–Kier alpha value is -0.860.